The van der Waals surface area contributed by atoms with Crippen LogP contribution in [0.25, 0.3) is 21.5 Å². The fourth-order valence-electron chi connectivity index (χ4n) is 2.93. The van der Waals surface area contributed by atoms with Crippen LogP contribution >= 0.6 is 0 Å². The van der Waals surface area contributed by atoms with Gasteiger partial charge in [-0.15, -0.1) is 0 Å². The van der Waals surface area contributed by atoms with Crippen molar-refractivity contribution in [3.63, 3.8) is 0 Å². The number of carbonyl (C=O) groups is 1. The van der Waals surface area contributed by atoms with E-state index in [4.69, 9.17) is 4.74 Å². The van der Waals surface area contributed by atoms with Gasteiger partial charge in [-0.25, -0.2) is 0 Å². The summed E-state index contributed by atoms with van der Waals surface area (Å²) in [6.07, 6.45) is 0. The molecule has 3 heteroatoms. The molecule has 0 fully saturated rings. The minimum absolute atomic E-state index is 0.0262. The van der Waals surface area contributed by atoms with Crippen LogP contribution in [-0.2, 0) is 4.79 Å². The molecule has 0 spiro atoms. The molecule has 0 unspecified atom stereocenters. The van der Waals surface area contributed by atoms with Crippen LogP contribution < -0.4 is 10.1 Å². The van der Waals surface area contributed by atoms with E-state index in [1.54, 1.807) is 0 Å². The maximum atomic E-state index is 12.3. The Morgan fingerprint density at radius 3 is 2.36 bits per heavy atom. The average molecular weight is 327 g/mol. The molecule has 4 rings (SSSR count). The van der Waals surface area contributed by atoms with E-state index in [0.717, 1.165) is 27.2 Å². The van der Waals surface area contributed by atoms with Crippen molar-refractivity contribution in [1.82, 2.24) is 0 Å². The van der Waals surface area contributed by atoms with Crippen LogP contribution in [0, 0.1) is 0 Å². The molecule has 0 aliphatic heterocycles. The summed E-state index contributed by atoms with van der Waals surface area (Å²) in [6, 6.07) is 27.7. The van der Waals surface area contributed by atoms with Gasteiger partial charge in [0.25, 0.3) is 5.91 Å². The normalized spacial score (nSPS) is 10.7. The van der Waals surface area contributed by atoms with Gasteiger partial charge in [0.15, 0.2) is 6.61 Å². The molecule has 0 atom stereocenters. The van der Waals surface area contributed by atoms with Crippen molar-refractivity contribution in [2.24, 2.45) is 0 Å². The largest absolute Gasteiger partial charge is 0.484 e. The topological polar surface area (TPSA) is 38.3 Å². The number of hydrogen-bond donors (Lipinski definition) is 1. The van der Waals surface area contributed by atoms with Crippen LogP contribution in [0.2, 0.25) is 0 Å². The smallest absolute Gasteiger partial charge is 0.262 e. The summed E-state index contributed by atoms with van der Waals surface area (Å²) in [5.41, 5.74) is 0.796. The van der Waals surface area contributed by atoms with E-state index in [0.29, 0.717) is 5.75 Å². The van der Waals surface area contributed by atoms with E-state index in [1.807, 2.05) is 84.9 Å². The molecule has 4 aromatic rings. The second-order valence-corrected chi connectivity index (χ2v) is 5.87. The number of hydrogen-bond acceptors (Lipinski definition) is 2. The summed E-state index contributed by atoms with van der Waals surface area (Å²) in [5.74, 6) is 0.510. The van der Waals surface area contributed by atoms with Gasteiger partial charge in [-0.1, -0.05) is 66.7 Å². The molecule has 122 valence electrons. The minimum Gasteiger partial charge on any atom is -0.484 e. The van der Waals surface area contributed by atoms with Gasteiger partial charge in [0.05, 0.1) is 0 Å². The number of carbonyl (C=O) groups excluding carboxylic acids is 1. The average Bonchev–Trinajstić information content (AvgIpc) is 2.66. The molecular formula is C22H17NO2. The summed E-state index contributed by atoms with van der Waals surface area (Å²) in [5, 5.41) is 7.28. The summed E-state index contributed by atoms with van der Waals surface area (Å²) >= 11 is 0. The second kappa shape index (κ2) is 6.65. The first-order chi connectivity index (χ1) is 12.3. The Labute approximate surface area is 145 Å². The van der Waals surface area contributed by atoms with Crippen LogP contribution in [0.4, 0.5) is 5.69 Å². The number of anilines is 1. The van der Waals surface area contributed by atoms with Gasteiger partial charge in [-0.2, -0.15) is 0 Å². The van der Waals surface area contributed by atoms with Crippen LogP contribution in [0.5, 0.6) is 5.75 Å². The number of benzene rings is 4. The van der Waals surface area contributed by atoms with Crippen LogP contribution in [0.1, 0.15) is 0 Å². The molecule has 0 bridgehead atoms. The molecule has 3 nitrogen and oxygen atoms in total. The predicted molar refractivity (Wildman–Crippen MR) is 102 cm³/mol. The molecule has 25 heavy (non-hydrogen) atoms. The summed E-state index contributed by atoms with van der Waals surface area (Å²) in [7, 11) is 0. The molecule has 0 aromatic heterocycles. The van der Waals surface area contributed by atoms with E-state index < -0.39 is 0 Å². The molecule has 0 aliphatic rings. The van der Waals surface area contributed by atoms with E-state index >= 15 is 0 Å². The lowest BCUT2D eigenvalue weighted by Gasteiger charge is -2.10. The third kappa shape index (κ3) is 3.31. The van der Waals surface area contributed by atoms with Crippen molar-refractivity contribution in [1.29, 1.82) is 0 Å². The molecule has 0 aliphatic carbocycles. The summed E-state index contributed by atoms with van der Waals surface area (Å²) in [4.78, 5) is 12.3. The zero-order chi connectivity index (χ0) is 17.1. The van der Waals surface area contributed by atoms with E-state index in [-0.39, 0.29) is 12.5 Å². The molecule has 0 saturated heterocycles. The van der Waals surface area contributed by atoms with Crippen molar-refractivity contribution >= 4 is 33.1 Å². The van der Waals surface area contributed by atoms with E-state index in [2.05, 4.69) is 5.32 Å². The lowest BCUT2D eigenvalue weighted by molar-refractivity contribution is -0.118. The monoisotopic (exact) mass is 327 g/mol. The number of ether oxygens (including phenoxy) is 1. The lowest BCUT2D eigenvalue weighted by atomic mass is 10.1. The molecule has 0 saturated carbocycles. The first-order valence-electron chi connectivity index (χ1n) is 8.19. The van der Waals surface area contributed by atoms with Crippen molar-refractivity contribution in [2.75, 3.05) is 11.9 Å². The van der Waals surface area contributed by atoms with E-state index in [9.17, 15) is 4.79 Å². The Bertz CT molecular complexity index is 1050. The fourth-order valence-corrected chi connectivity index (χ4v) is 2.93. The highest BCUT2D eigenvalue weighted by molar-refractivity contribution is 6.02. The highest BCUT2D eigenvalue weighted by Crippen LogP contribution is 2.23. The predicted octanol–water partition coefficient (Wildman–Crippen LogP) is 5.01. The Hall–Kier alpha value is -3.33. The van der Waals surface area contributed by atoms with E-state index in [1.165, 1.54) is 0 Å². The third-order valence-electron chi connectivity index (χ3n) is 4.15. The molecule has 0 radical (unpaired) electrons. The Kier molecular flexibility index (Phi) is 4.05. The molecule has 1 amide bonds. The number of amides is 1. The number of fused-ring (bicyclic) bond motifs is 2. The molecule has 0 heterocycles. The highest BCUT2D eigenvalue weighted by Gasteiger charge is 2.07. The standard InChI is InChI=1S/C22H17NO2/c24-22(23-21-11-5-9-17-7-3-4-10-20(17)21)15-25-19-13-12-16-6-1-2-8-18(16)14-19/h1-14H,15H2,(H,23,24). The van der Waals surface area contributed by atoms with Gasteiger partial charge in [0.2, 0.25) is 0 Å². The number of rotatable bonds is 4. The number of nitrogens with one attached hydrogen (secondary N) is 1. The van der Waals surface area contributed by atoms with Gasteiger partial charge >= 0.3 is 0 Å². The Morgan fingerprint density at radius 2 is 1.48 bits per heavy atom. The molecule has 4 aromatic carbocycles. The maximum Gasteiger partial charge on any atom is 0.262 e. The SMILES string of the molecule is O=C(COc1ccc2ccccc2c1)Nc1cccc2ccccc12. The van der Waals surface area contributed by atoms with Crippen molar-refractivity contribution in [3.05, 3.63) is 84.9 Å². The van der Waals surface area contributed by atoms with Gasteiger partial charge in [0.1, 0.15) is 5.75 Å². The summed E-state index contributed by atoms with van der Waals surface area (Å²) in [6.45, 7) is -0.0262. The highest BCUT2D eigenvalue weighted by atomic mass is 16.5. The third-order valence-corrected chi connectivity index (χ3v) is 4.15. The van der Waals surface area contributed by atoms with Crippen LogP contribution in [0.15, 0.2) is 84.9 Å². The zero-order valence-corrected chi connectivity index (χ0v) is 13.6. The van der Waals surface area contributed by atoms with Crippen molar-refractivity contribution < 1.29 is 9.53 Å². The van der Waals surface area contributed by atoms with Gasteiger partial charge < -0.3 is 10.1 Å². The first-order valence-corrected chi connectivity index (χ1v) is 8.19. The summed E-state index contributed by atoms with van der Waals surface area (Å²) < 4.78 is 5.65. The van der Waals surface area contributed by atoms with Crippen LogP contribution in [-0.4, -0.2) is 12.5 Å². The molecule has 1 N–H and O–H groups in total. The van der Waals surface area contributed by atoms with Gasteiger partial charge in [-0.05, 0) is 34.4 Å². The van der Waals surface area contributed by atoms with Gasteiger partial charge in [-0.3, -0.25) is 4.79 Å². The second-order valence-electron chi connectivity index (χ2n) is 5.87. The zero-order valence-electron chi connectivity index (χ0n) is 13.6. The minimum atomic E-state index is -0.176. The maximum absolute atomic E-state index is 12.3. The fraction of sp³-hybridized carbons (Fsp3) is 0.0455. The van der Waals surface area contributed by atoms with Gasteiger partial charge in [0, 0.05) is 11.1 Å². The van der Waals surface area contributed by atoms with Crippen molar-refractivity contribution in [2.45, 2.75) is 0 Å². The molecular weight excluding hydrogens is 310 g/mol. The first kappa shape index (κ1) is 15.2. The quantitative estimate of drug-likeness (QED) is 0.572. The van der Waals surface area contributed by atoms with Crippen molar-refractivity contribution in [3.8, 4) is 5.75 Å². The van der Waals surface area contributed by atoms with Crippen LogP contribution in [0.3, 0.4) is 0 Å². The Balaban J connectivity index is 1.46. The lowest BCUT2D eigenvalue weighted by Crippen LogP contribution is -2.20. The Morgan fingerprint density at radius 1 is 0.760 bits per heavy atom.